The highest BCUT2D eigenvalue weighted by Crippen LogP contribution is 2.32. The molecule has 16 heavy (non-hydrogen) atoms. The lowest BCUT2D eigenvalue weighted by Crippen LogP contribution is -2.46. The van der Waals surface area contributed by atoms with E-state index in [0.29, 0.717) is 11.8 Å². The van der Waals surface area contributed by atoms with Gasteiger partial charge in [0.1, 0.15) is 0 Å². The molecule has 2 N–H and O–H groups in total. The van der Waals surface area contributed by atoms with Gasteiger partial charge in [0.05, 0.1) is 0 Å². The zero-order valence-electron chi connectivity index (χ0n) is 10.4. The first-order valence-electron chi connectivity index (χ1n) is 6.63. The fourth-order valence-corrected chi connectivity index (χ4v) is 2.90. The lowest BCUT2D eigenvalue weighted by molar-refractivity contribution is -0.137. The molecule has 3 heteroatoms. The number of hydrogen-bond donors (Lipinski definition) is 1. The van der Waals surface area contributed by atoms with E-state index in [0.717, 1.165) is 45.3 Å². The summed E-state index contributed by atoms with van der Waals surface area (Å²) >= 11 is 0. The number of carbonyl (C=O) groups is 1. The van der Waals surface area contributed by atoms with Crippen molar-refractivity contribution in [2.45, 2.75) is 45.4 Å². The maximum Gasteiger partial charge on any atom is 0.225 e. The third kappa shape index (κ3) is 2.40. The molecular formula is C13H24N2O. The molecule has 2 rings (SSSR count). The number of nitrogens with two attached hydrogens (primary N) is 1. The Morgan fingerprint density at radius 3 is 2.38 bits per heavy atom. The van der Waals surface area contributed by atoms with E-state index >= 15 is 0 Å². The van der Waals surface area contributed by atoms with Gasteiger partial charge in [0.15, 0.2) is 0 Å². The molecule has 1 aliphatic heterocycles. The average molecular weight is 224 g/mol. The summed E-state index contributed by atoms with van der Waals surface area (Å²) in [6, 6.07) is 0. The number of amides is 1. The van der Waals surface area contributed by atoms with Crippen LogP contribution in [0.25, 0.3) is 0 Å². The summed E-state index contributed by atoms with van der Waals surface area (Å²) in [5, 5.41) is 0. The summed E-state index contributed by atoms with van der Waals surface area (Å²) in [6.45, 7) is 4.83. The maximum absolute atomic E-state index is 12.2. The molecule has 0 aromatic rings. The number of carbonyl (C=O) groups excluding carboxylic acids is 1. The summed E-state index contributed by atoms with van der Waals surface area (Å²) in [7, 11) is 0. The molecule has 0 atom stereocenters. The Hall–Kier alpha value is -0.570. The smallest absolute Gasteiger partial charge is 0.225 e. The van der Waals surface area contributed by atoms with E-state index in [9.17, 15) is 4.79 Å². The van der Waals surface area contributed by atoms with Crippen LogP contribution in [0.15, 0.2) is 0 Å². The van der Waals surface area contributed by atoms with Crippen molar-refractivity contribution in [2.24, 2.45) is 17.1 Å². The predicted molar refractivity (Wildman–Crippen MR) is 64.9 cm³/mol. The van der Waals surface area contributed by atoms with Crippen LogP contribution in [0, 0.1) is 11.3 Å². The van der Waals surface area contributed by atoms with Crippen LogP contribution < -0.4 is 5.73 Å². The molecule has 0 unspecified atom stereocenters. The Balaban J connectivity index is 1.86. The third-order valence-corrected chi connectivity index (χ3v) is 4.48. The number of nitrogens with zero attached hydrogens (tertiary/aromatic N) is 1. The molecular weight excluding hydrogens is 200 g/mol. The van der Waals surface area contributed by atoms with Crippen molar-refractivity contribution < 1.29 is 4.79 Å². The lowest BCUT2D eigenvalue weighted by atomic mass is 9.80. The van der Waals surface area contributed by atoms with Gasteiger partial charge in [-0.2, -0.15) is 0 Å². The minimum atomic E-state index is 0.270. The molecule has 1 saturated carbocycles. The minimum Gasteiger partial charge on any atom is -0.342 e. The van der Waals surface area contributed by atoms with Gasteiger partial charge in [-0.05, 0) is 37.6 Å². The van der Waals surface area contributed by atoms with E-state index in [-0.39, 0.29) is 5.41 Å². The minimum absolute atomic E-state index is 0.270. The Morgan fingerprint density at radius 1 is 1.31 bits per heavy atom. The van der Waals surface area contributed by atoms with Crippen LogP contribution >= 0.6 is 0 Å². The number of hydrogen-bond acceptors (Lipinski definition) is 2. The van der Waals surface area contributed by atoms with Gasteiger partial charge in [-0.3, -0.25) is 4.79 Å². The van der Waals surface area contributed by atoms with Gasteiger partial charge in [0.25, 0.3) is 0 Å². The second-order valence-corrected chi connectivity index (χ2v) is 5.82. The third-order valence-electron chi connectivity index (χ3n) is 4.48. The Kier molecular flexibility index (Phi) is 3.53. The highest BCUT2D eigenvalue weighted by atomic mass is 16.2. The van der Waals surface area contributed by atoms with E-state index < -0.39 is 0 Å². The zero-order valence-corrected chi connectivity index (χ0v) is 10.4. The van der Waals surface area contributed by atoms with Crippen molar-refractivity contribution in [3.63, 3.8) is 0 Å². The van der Waals surface area contributed by atoms with Gasteiger partial charge in [-0.15, -0.1) is 0 Å². The van der Waals surface area contributed by atoms with Crippen molar-refractivity contribution in [3.8, 4) is 0 Å². The SMILES string of the molecule is CC1(CN)CCN(C(=O)C2CCCC2)CC1. The molecule has 1 aliphatic carbocycles. The van der Waals surface area contributed by atoms with Crippen LogP contribution in [-0.4, -0.2) is 30.4 Å². The first-order valence-corrected chi connectivity index (χ1v) is 6.63. The van der Waals surface area contributed by atoms with E-state index in [1.165, 1.54) is 12.8 Å². The molecule has 0 spiro atoms. The fraction of sp³-hybridized carbons (Fsp3) is 0.923. The second-order valence-electron chi connectivity index (χ2n) is 5.82. The molecule has 0 aromatic carbocycles. The van der Waals surface area contributed by atoms with Crippen molar-refractivity contribution >= 4 is 5.91 Å². The van der Waals surface area contributed by atoms with E-state index in [4.69, 9.17) is 5.73 Å². The quantitative estimate of drug-likeness (QED) is 0.777. The molecule has 2 fully saturated rings. The van der Waals surface area contributed by atoms with Crippen molar-refractivity contribution in [2.75, 3.05) is 19.6 Å². The summed E-state index contributed by atoms with van der Waals surface area (Å²) in [4.78, 5) is 14.3. The van der Waals surface area contributed by atoms with Gasteiger partial charge in [0, 0.05) is 19.0 Å². The van der Waals surface area contributed by atoms with E-state index in [1.807, 2.05) is 0 Å². The Morgan fingerprint density at radius 2 is 1.88 bits per heavy atom. The van der Waals surface area contributed by atoms with E-state index in [2.05, 4.69) is 11.8 Å². The lowest BCUT2D eigenvalue weighted by Gasteiger charge is -2.39. The number of likely N-dealkylation sites (tertiary alicyclic amines) is 1. The first kappa shape index (κ1) is 11.9. The van der Waals surface area contributed by atoms with Crippen LogP contribution in [0.4, 0.5) is 0 Å². The first-order chi connectivity index (χ1) is 7.64. The van der Waals surface area contributed by atoms with Crippen molar-refractivity contribution in [1.82, 2.24) is 4.90 Å². The molecule has 0 aromatic heterocycles. The molecule has 1 heterocycles. The summed E-state index contributed by atoms with van der Waals surface area (Å²) in [5.74, 6) is 0.749. The summed E-state index contributed by atoms with van der Waals surface area (Å²) < 4.78 is 0. The average Bonchev–Trinajstić information content (AvgIpc) is 2.83. The predicted octanol–water partition coefficient (Wildman–Crippen LogP) is 1.76. The largest absolute Gasteiger partial charge is 0.342 e. The van der Waals surface area contributed by atoms with Crippen LogP contribution in [0.5, 0.6) is 0 Å². The molecule has 3 nitrogen and oxygen atoms in total. The van der Waals surface area contributed by atoms with Crippen molar-refractivity contribution in [3.05, 3.63) is 0 Å². The second kappa shape index (κ2) is 4.74. The van der Waals surface area contributed by atoms with Crippen LogP contribution in [0.1, 0.15) is 45.4 Å². The maximum atomic E-state index is 12.2. The standard InChI is InChI=1S/C13H24N2O/c1-13(10-14)6-8-15(9-7-13)12(16)11-4-2-3-5-11/h11H,2-10,14H2,1H3. The Bertz CT molecular complexity index is 251. The fourth-order valence-electron chi connectivity index (χ4n) is 2.90. The van der Waals surface area contributed by atoms with Crippen LogP contribution in [0.3, 0.4) is 0 Å². The van der Waals surface area contributed by atoms with Crippen LogP contribution in [0.2, 0.25) is 0 Å². The topological polar surface area (TPSA) is 46.3 Å². The van der Waals surface area contributed by atoms with Gasteiger partial charge in [-0.1, -0.05) is 19.8 Å². The monoisotopic (exact) mass is 224 g/mol. The summed E-state index contributed by atoms with van der Waals surface area (Å²) in [5.41, 5.74) is 6.05. The molecule has 2 aliphatic rings. The number of rotatable bonds is 2. The van der Waals surface area contributed by atoms with Gasteiger partial charge < -0.3 is 10.6 Å². The zero-order chi connectivity index (χ0) is 11.6. The van der Waals surface area contributed by atoms with E-state index in [1.54, 1.807) is 0 Å². The normalized spacial score (nSPS) is 26.0. The van der Waals surface area contributed by atoms with Gasteiger partial charge >= 0.3 is 0 Å². The molecule has 1 amide bonds. The van der Waals surface area contributed by atoms with Gasteiger partial charge in [-0.25, -0.2) is 0 Å². The molecule has 0 radical (unpaired) electrons. The Labute approximate surface area is 98.4 Å². The van der Waals surface area contributed by atoms with Crippen LogP contribution in [-0.2, 0) is 4.79 Å². The summed E-state index contributed by atoms with van der Waals surface area (Å²) in [6.07, 6.45) is 6.85. The highest BCUT2D eigenvalue weighted by Gasteiger charge is 2.33. The highest BCUT2D eigenvalue weighted by molar-refractivity contribution is 5.79. The molecule has 1 saturated heterocycles. The molecule has 92 valence electrons. The van der Waals surface area contributed by atoms with Gasteiger partial charge in [0.2, 0.25) is 5.91 Å². The number of piperidine rings is 1. The van der Waals surface area contributed by atoms with Crippen molar-refractivity contribution in [1.29, 1.82) is 0 Å². The molecule has 0 bridgehead atoms.